The van der Waals surface area contributed by atoms with Crippen LogP contribution in [-0.2, 0) is 5.75 Å². The van der Waals surface area contributed by atoms with Crippen LogP contribution in [0.15, 0.2) is 18.2 Å². The highest BCUT2D eigenvalue weighted by atomic mass is 32.2. The Kier molecular flexibility index (Phi) is 5.84. The predicted octanol–water partition coefficient (Wildman–Crippen LogP) is 1.15. The van der Waals surface area contributed by atoms with Crippen molar-refractivity contribution in [3.8, 4) is 11.8 Å². The lowest BCUT2D eigenvalue weighted by atomic mass is 10.1. The maximum absolute atomic E-state index is 9.21. The van der Waals surface area contributed by atoms with E-state index >= 15 is 0 Å². The van der Waals surface area contributed by atoms with E-state index in [4.69, 9.17) is 15.1 Å². The summed E-state index contributed by atoms with van der Waals surface area (Å²) >= 11 is 1.49. The van der Waals surface area contributed by atoms with Gasteiger partial charge in [0.25, 0.3) is 0 Å². The minimum Gasteiger partial charge on any atom is -0.496 e. The summed E-state index contributed by atoms with van der Waals surface area (Å²) in [5, 5.41) is 26.7. The van der Waals surface area contributed by atoms with Gasteiger partial charge in [0.15, 0.2) is 0 Å². The Labute approximate surface area is 105 Å². The molecule has 1 rings (SSSR count). The summed E-state index contributed by atoms with van der Waals surface area (Å²) in [6.07, 6.45) is -0.704. The molecule has 0 radical (unpaired) electrons. The Balaban J connectivity index is 2.65. The van der Waals surface area contributed by atoms with Crippen molar-refractivity contribution in [1.82, 2.24) is 0 Å². The van der Waals surface area contributed by atoms with E-state index in [-0.39, 0.29) is 6.61 Å². The molecule has 17 heavy (non-hydrogen) atoms. The van der Waals surface area contributed by atoms with E-state index in [1.807, 2.05) is 0 Å². The second-order valence-electron chi connectivity index (χ2n) is 3.49. The van der Waals surface area contributed by atoms with Crippen LogP contribution in [0.5, 0.6) is 5.75 Å². The first-order chi connectivity index (χ1) is 8.21. The SMILES string of the molecule is COc1ccc(C#N)cc1CSCC(O)CO. The second kappa shape index (κ2) is 7.17. The van der Waals surface area contributed by atoms with Crippen molar-refractivity contribution in [2.45, 2.75) is 11.9 Å². The highest BCUT2D eigenvalue weighted by molar-refractivity contribution is 7.98. The zero-order chi connectivity index (χ0) is 12.7. The minimum atomic E-state index is -0.704. The number of ether oxygens (including phenoxy) is 1. The third-order valence-corrected chi connectivity index (χ3v) is 3.32. The van der Waals surface area contributed by atoms with Gasteiger partial charge in [0.05, 0.1) is 31.5 Å². The Morgan fingerprint density at radius 1 is 1.53 bits per heavy atom. The summed E-state index contributed by atoms with van der Waals surface area (Å²) in [4.78, 5) is 0. The Morgan fingerprint density at radius 3 is 2.88 bits per heavy atom. The predicted molar refractivity (Wildman–Crippen MR) is 67.0 cm³/mol. The smallest absolute Gasteiger partial charge is 0.122 e. The molecular formula is C12H15NO3S. The van der Waals surface area contributed by atoms with E-state index in [9.17, 15) is 5.11 Å². The van der Waals surface area contributed by atoms with Crippen LogP contribution in [-0.4, -0.2) is 35.8 Å². The van der Waals surface area contributed by atoms with Crippen LogP contribution in [0.2, 0.25) is 0 Å². The molecule has 0 saturated carbocycles. The van der Waals surface area contributed by atoms with Crippen LogP contribution in [0.1, 0.15) is 11.1 Å². The average molecular weight is 253 g/mol. The molecule has 1 unspecified atom stereocenters. The first-order valence-corrected chi connectivity index (χ1v) is 6.30. The number of thioether (sulfide) groups is 1. The molecular weight excluding hydrogens is 238 g/mol. The van der Waals surface area contributed by atoms with Gasteiger partial charge in [-0.1, -0.05) is 0 Å². The molecule has 92 valence electrons. The fourth-order valence-corrected chi connectivity index (χ4v) is 2.26. The molecule has 0 aromatic heterocycles. The van der Waals surface area contributed by atoms with Crippen molar-refractivity contribution in [3.63, 3.8) is 0 Å². The average Bonchev–Trinajstić information content (AvgIpc) is 2.38. The monoisotopic (exact) mass is 253 g/mol. The largest absolute Gasteiger partial charge is 0.496 e. The van der Waals surface area contributed by atoms with E-state index < -0.39 is 6.10 Å². The maximum Gasteiger partial charge on any atom is 0.122 e. The molecule has 5 heteroatoms. The normalized spacial score (nSPS) is 11.9. The summed E-state index contributed by atoms with van der Waals surface area (Å²) < 4.78 is 5.19. The van der Waals surface area contributed by atoms with Gasteiger partial charge in [0.2, 0.25) is 0 Å². The second-order valence-corrected chi connectivity index (χ2v) is 4.52. The molecule has 0 saturated heterocycles. The maximum atomic E-state index is 9.21. The van der Waals surface area contributed by atoms with E-state index in [0.29, 0.717) is 17.1 Å². The molecule has 0 fully saturated rings. The molecule has 0 aliphatic carbocycles. The van der Waals surface area contributed by atoms with Crippen LogP contribution in [0.25, 0.3) is 0 Å². The number of benzene rings is 1. The van der Waals surface area contributed by atoms with E-state index in [1.54, 1.807) is 25.3 Å². The standard InChI is InChI=1S/C12H15NO3S/c1-16-12-3-2-9(5-13)4-10(12)7-17-8-11(15)6-14/h2-4,11,14-15H,6-8H2,1H3. The number of nitriles is 1. The summed E-state index contributed by atoms with van der Waals surface area (Å²) in [6, 6.07) is 7.31. The first-order valence-electron chi connectivity index (χ1n) is 5.15. The lowest BCUT2D eigenvalue weighted by Crippen LogP contribution is -2.14. The Hall–Kier alpha value is -1.22. The van der Waals surface area contributed by atoms with Crippen molar-refractivity contribution in [1.29, 1.82) is 5.26 Å². The van der Waals surface area contributed by atoms with Crippen LogP contribution in [0.4, 0.5) is 0 Å². The summed E-state index contributed by atoms with van der Waals surface area (Å²) in [5.74, 6) is 1.82. The van der Waals surface area contributed by atoms with Gasteiger partial charge in [-0.15, -0.1) is 0 Å². The quantitative estimate of drug-likeness (QED) is 0.795. The van der Waals surface area contributed by atoms with Crippen molar-refractivity contribution in [2.24, 2.45) is 0 Å². The minimum absolute atomic E-state index is 0.234. The number of aliphatic hydroxyl groups excluding tert-OH is 2. The van der Waals surface area contributed by atoms with Gasteiger partial charge in [0, 0.05) is 17.1 Å². The van der Waals surface area contributed by atoms with Crippen LogP contribution < -0.4 is 4.74 Å². The van der Waals surface area contributed by atoms with Gasteiger partial charge in [-0.3, -0.25) is 0 Å². The molecule has 0 amide bonds. The van der Waals surface area contributed by atoms with Gasteiger partial charge in [-0.2, -0.15) is 17.0 Å². The molecule has 0 heterocycles. The molecule has 1 aromatic rings. The fourth-order valence-electron chi connectivity index (χ4n) is 1.32. The van der Waals surface area contributed by atoms with Crippen molar-refractivity contribution in [2.75, 3.05) is 19.5 Å². The zero-order valence-electron chi connectivity index (χ0n) is 9.59. The molecule has 0 spiro atoms. The third kappa shape index (κ3) is 4.27. The molecule has 1 aromatic carbocycles. The Morgan fingerprint density at radius 2 is 2.29 bits per heavy atom. The van der Waals surface area contributed by atoms with E-state index in [2.05, 4.69) is 6.07 Å². The summed E-state index contributed by atoms with van der Waals surface area (Å²) in [6.45, 7) is -0.234. The lowest BCUT2D eigenvalue weighted by Gasteiger charge is -2.10. The van der Waals surface area contributed by atoms with Gasteiger partial charge in [0.1, 0.15) is 5.75 Å². The molecule has 0 bridgehead atoms. The van der Waals surface area contributed by atoms with E-state index in [0.717, 1.165) is 11.3 Å². The van der Waals surface area contributed by atoms with Crippen LogP contribution in [0.3, 0.4) is 0 Å². The summed E-state index contributed by atoms with van der Waals surface area (Å²) in [7, 11) is 1.58. The number of nitrogens with zero attached hydrogens (tertiary/aromatic N) is 1. The van der Waals surface area contributed by atoms with Crippen LogP contribution >= 0.6 is 11.8 Å². The van der Waals surface area contributed by atoms with E-state index in [1.165, 1.54) is 11.8 Å². The fraction of sp³-hybridized carbons (Fsp3) is 0.417. The molecule has 0 aliphatic heterocycles. The lowest BCUT2D eigenvalue weighted by molar-refractivity contribution is 0.113. The number of hydrogen-bond acceptors (Lipinski definition) is 5. The van der Waals surface area contributed by atoms with Gasteiger partial charge >= 0.3 is 0 Å². The van der Waals surface area contributed by atoms with Crippen molar-refractivity contribution < 1.29 is 14.9 Å². The molecule has 0 aliphatic rings. The third-order valence-electron chi connectivity index (χ3n) is 2.19. The number of methoxy groups -OCH3 is 1. The van der Waals surface area contributed by atoms with Gasteiger partial charge in [-0.05, 0) is 18.2 Å². The van der Waals surface area contributed by atoms with Crippen molar-refractivity contribution in [3.05, 3.63) is 29.3 Å². The number of rotatable bonds is 6. The molecule has 2 N–H and O–H groups in total. The number of aliphatic hydroxyl groups is 2. The topological polar surface area (TPSA) is 73.5 Å². The first kappa shape index (κ1) is 13.8. The van der Waals surface area contributed by atoms with Gasteiger partial charge < -0.3 is 14.9 Å². The molecule has 1 atom stereocenters. The summed E-state index contributed by atoms with van der Waals surface area (Å²) in [5.41, 5.74) is 1.51. The van der Waals surface area contributed by atoms with Crippen molar-refractivity contribution >= 4 is 11.8 Å². The zero-order valence-corrected chi connectivity index (χ0v) is 10.4. The molecule has 4 nitrogen and oxygen atoms in total. The van der Waals surface area contributed by atoms with Gasteiger partial charge in [-0.25, -0.2) is 0 Å². The highest BCUT2D eigenvalue weighted by Gasteiger charge is 2.07. The van der Waals surface area contributed by atoms with Crippen LogP contribution in [0, 0.1) is 11.3 Å². The number of hydrogen-bond donors (Lipinski definition) is 2. The Bertz CT molecular complexity index is 403. The highest BCUT2D eigenvalue weighted by Crippen LogP contribution is 2.24.